The van der Waals surface area contributed by atoms with E-state index in [2.05, 4.69) is 0 Å². The molecule has 3 nitrogen and oxygen atoms in total. The molecule has 14 heavy (non-hydrogen) atoms. The molecule has 6 heteroatoms. The summed E-state index contributed by atoms with van der Waals surface area (Å²) in [5, 5.41) is 9.30. The van der Waals surface area contributed by atoms with Crippen LogP contribution in [0.1, 0.15) is 18.6 Å². The van der Waals surface area contributed by atoms with Gasteiger partial charge in [0.2, 0.25) is 0 Å². The topological polar surface area (TPSA) is 55.5 Å². The molecular formula is C8H8BF2NO2. The van der Waals surface area contributed by atoms with Gasteiger partial charge in [-0.05, 0) is 18.5 Å². The van der Waals surface area contributed by atoms with Gasteiger partial charge in [0, 0.05) is 5.56 Å². The Kier molecular flexibility index (Phi) is 1.97. The fourth-order valence-electron chi connectivity index (χ4n) is 1.62. The Hall–Kier alpha value is -1.14. The smallest absolute Gasteiger partial charge is 0.423 e. The highest BCUT2D eigenvalue weighted by molar-refractivity contribution is 6.61. The first-order valence-electron chi connectivity index (χ1n) is 4.13. The Balaban J connectivity index is 2.70. The number of hydrogen-bond acceptors (Lipinski definition) is 3. The summed E-state index contributed by atoms with van der Waals surface area (Å²) in [6.07, 6.45) is -0.608. The molecule has 3 N–H and O–H groups in total. The van der Waals surface area contributed by atoms with E-state index in [4.69, 9.17) is 10.4 Å². The molecule has 0 fully saturated rings. The molecule has 0 aliphatic carbocycles. The first-order chi connectivity index (χ1) is 6.52. The third-order valence-electron chi connectivity index (χ3n) is 2.33. The van der Waals surface area contributed by atoms with Gasteiger partial charge < -0.3 is 15.4 Å². The molecule has 0 spiro atoms. The Labute approximate surface area is 79.6 Å². The van der Waals surface area contributed by atoms with E-state index in [9.17, 15) is 13.8 Å². The van der Waals surface area contributed by atoms with Crippen LogP contribution in [0, 0.1) is 11.6 Å². The molecule has 0 saturated carbocycles. The second kappa shape index (κ2) is 2.93. The van der Waals surface area contributed by atoms with Crippen molar-refractivity contribution in [2.24, 2.45) is 0 Å². The van der Waals surface area contributed by atoms with E-state index in [1.807, 2.05) is 0 Å². The summed E-state index contributed by atoms with van der Waals surface area (Å²) in [7, 11) is -1.27. The minimum absolute atomic E-state index is 0.113. The lowest BCUT2D eigenvalue weighted by Gasteiger charge is -2.07. The van der Waals surface area contributed by atoms with Crippen molar-refractivity contribution in [1.29, 1.82) is 0 Å². The van der Waals surface area contributed by atoms with Gasteiger partial charge in [0.1, 0.15) is 11.5 Å². The molecule has 0 saturated heterocycles. The predicted molar refractivity (Wildman–Crippen MR) is 47.9 cm³/mol. The molecule has 1 heterocycles. The molecule has 74 valence electrons. The molecule has 0 aromatic heterocycles. The van der Waals surface area contributed by atoms with Crippen LogP contribution in [0.4, 0.5) is 14.5 Å². The monoisotopic (exact) mass is 199 g/mol. The van der Waals surface area contributed by atoms with Crippen molar-refractivity contribution in [2.75, 3.05) is 5.73 Å². The van der Waals surface area contributed by atoms with E-state index in [0.29, 0.717) is 0 Å². The summed E-state index contributed by atoms with van der Waals surface area (Å²) in [5.41, 5.74) is 4.89. The van der Waals surface area contributed by atoms with Crippen molar-refractivity contribution in [3.05, 3.63) is 23.3 Å². The lowest BCUT2D eigenvalue weighted by atomic mass is 9.79. The second-order valence-corrected chi connectivity index (χ2v) is 3.22. The number of nitrogens with two attached hydrogens (primary N) is 1. The van der Waals surface area contributed by atoms with E-state index < -0.39 is 30.5 Å². The lowest BCUT2D eigenvalue weighted by Crippen LogP contribution is -2.29. The zero-order chi connectivity index (χ0) is 10.5. The minimum atomic E-state index is -1.27. The summed E-state index contributed by atoms with van der Waals surface area (Å²) in [4.78, 5) is 0. The number of nitrogen functional groups attached to an aromatic ring is 1. The number of halogens is 2. The summed E-state index contributed by atoms with van der Waals surface area (Å²) < 4.78 is 31.4. The maximum absolute atomic E-state index is 13.4. The average molecular weight is 199 g/mol. The van der Waals surface area contributed by atoms with Crippen LogP contribution in [-0.2, 0) is 4.65 Å². The Morgan fingerprint density at radius 2 is 2.21 bits per heavy atom. The maximum Gasteiger partial charge on any atom is 0.492 e. The fourth-order valence-corrected chi connectivity index (χ4v) is 1.62. The molecule has 2 rings (SSSR count). The van der Waals surface area contributed by atoms with Gasteiger partial charge in [-0.1, -0.05) is 0 Å². The third-order valence-corrected chi connectivity index (χ3v) is 2.33. The minimum Gasteiger partial charge on any atom is -0.423 e. The third kappa shape index (κ3) is 1.11. The van der Waals surface area contributed by atoms with Gasteiger partial charge in [-0.25, -0.2) is 8.78 Å². The molecule has 1 atom stereocenters. The summed E-state index contributed by atoms with van der Waals surface area (Å²) >= 11 is 0. The van der Waals surface area contributed by atoms with Gasteiger partial charge in [0.05, 0.1) is 6.10 Å². The van der Waals surface area contributed by atoms with Gasteiger partial charge in [0.15, 0.2) is 5.82 Å². The van der Waals surface area contributed by atoms with E-state index in [1.54, 1.807) is 6.92 Å². The number of rotatable bonds is 0. The molecule has 1 aliphatic heterocycles. The molecule has 1 aromatic rings. The van der Waals surface area contributed by atoms with E-state index in [0.717, 1.165) is 6.07 Å². The molecule has 0 amide bonds. The van der Waals surface area contributed by atoms with Gasteiger partial charge in [0.25, 0.3) is 0 Å². The first-order valence-corrected chi connectivity index (χ1v) is 4.13. The van der Waals surface area contributed by atoms with E-state index in [-0.39, 0.29) is 11.0 Å². The number of benzene rings is 1. The van der Waals surface area contributed by atoms with E-state index in [1.165, 1.54) is 0 Å². The summed E-state index contributed by atoms with van der Waals surface area (Å²) in [5.74, 6) is -1.72. The Morgan fingerprint density at radius 3 is 2.86 bits per heavy atom. The quantitative estimate of drug-likeness (QED) is 0.467. The number of fused-ring (bicyclic) bond motifs is 1. The average Bonchev–Trinajstić information content (AvgIpc) is 2.38. The zero-order valence-corrected chi connectivity index (χ0v) is 7.42. The van der Waals surface area contributed by atoms with Crippen molar-refractivity contribution < 1.29 is 18.5 Å². The molecule has 0 radical (unpaired) electrons. The van der Waals surface area contributed by atoms with Gasteiger partial charge in [-0.15, -0.1) is 0 Å². The Morgan fingerprint density at radius 1 is 1.57 bits per heavy atom. The number of anilines is 1. The normalized spacial score (nSPS) is 20.0. The molecular weight excluding hydrogens is 191 g/mol. The van der Waals surface area contributed by atoms with Gasteiger partial charge in [-0.3, -0.25) is 0 Å². The van der Waals surface area contributed by atoms with Crippen LogP contribution >= 0.6 is 0 Å². The molecule has 0 bridgehead atoms. The zero-order valence-electron chi connectivity index (χ0n) is 7.42. The van der Waals surface area contributed by atoms with Crippen LogP contribution in [0.3, 0.4) is 0 Å². The van der Waals surface area contributed by atoms with Crippen LogP contribution in [0.2, 0.25) is 0 Å². The molecule has 1 unspecified atom stereocenters. The highest BCUT2D eigenvalue weighted by Crippen LogP contribution is 2.29. The summed E-state index contributed by atoms with van der Waals surface area (Å²) in [6, 6.07) is 1.00. The number of hydrogen-bond donors (Lipinski definition) is 2. The molecule has 1 aromatic carbocycles. The highest BCUT2D eigenvalue weighted by atomic mass is 19.1. The van der Waals surface area contributed by atoms with Crippen LogP contribution < -0.4 is 11.2 Å². The highest BCUT2D eigenvalue weighted by Gasteiger charge is 2.36. The van der Waals surface area contributed by atoms with Crippen molar-refractivity contribution in [2.45, 2.75) is 13.0 Å². The first kappa shape index (κ1) is 9.42. The van der Waals surface area contributed by atoms with Crippen molar-refractivity contribution in [3.63, 3.8) is 0 Å². The maximum atomic E-state index is 13.4. The predicted octanol–water partition coefficient (Wildman–Crippen LogP) is 0.326. The van der Waals surface area contributed by atoms with Crippen molar-refractivity contribution in [1.82, 2.24) is 0 Å². The van der Waals surface area contributed by atoms with Gasteiger partial charge >= 0.3 is 7.12 Å². The van der Waals surface area contributed by atoms with Crippen LogP contribution in [0.5, 0.6) is 0 Å². The largest absolute Gasteiger partial charge is 0.492 e. The van der Waals surface area contributed by atoms with Crippen LogP contribution in [-0.4, -0.2) is 12.1 Å². The van der Waals surface area contributed by atoms with Crippen molar-refractivity contribution in [3.8, 4) is 0 Å². The summed E-state index contributed by atoms with van der Waals surface area (Å²) in [6.45, 7) is 1.56. The lowest BCUT2D eigenvalue weighted by molar-refractivity contribution is 0.205. The second-order valence-electron chi connectivity index (χ2n) is 3.22. The van der Waals surface area contributed by atoms with Gasteiger partial charge in [-0.2, -0.15) is 0 Å². The molecule has 1 aliphatic rings. The SMILES string of the molecule is CC1OB(O)c2cc(F)c(N)c(F)c21. The fraction of sp³-hybridized carbons (Fsp3) is 0.250. The van der Waals surface area contributed by atoms with Crippen molar-refractivity contribution >= 4 is 18.3 Å². The standard InChI is InChI=1S/C8H8BF2NO2/c1-3-6-4(9(13)14-3)2-5(10)8(12)7(6)11/h2-3,13H,12H2,1H3. The Bertz CT molecular complexity index is 399. The van der Waals surface area contributed by atoms with Crippen LogP contribution in [0.25, 0.3) is 0 Å². The van der Waals surface area contributed by atoms with Crippen LogP contribution in [0.15, 0.2) is 6.07 Å². The van der Waals surface area contributed by atoms with E-state index >= 15 is 0 Å².